The van der Waals surface area contributed by atoms with Gasteiger partial charge >= 0.3 is 0 Å². The van der Waals surface area contributed by atoms with Gasteiger partial charge in [0.2, 0.25) is 0 Å². The first-order valence-electron chi connectivity index (χ1n) is 2.71. The molecule has 0 heterocycles. The fourth-order valence-electron chi connectivity index (χ4n) is 0.323. The summed E-state index contributed by atoms with van der Waals surface area (Å²) >= 11 is 0. The summed E-state index contributed by atoms with van der Waals surface area (Å²) in [6, 6.07) is 0. The zero-order valence-electron chi connectivity index (χ0n) is 5.49. The van der Waals surface area contributed by atoms with Crippen molar-refractivity contribution in [2.75, 3.05) is 6.61 Å². The van der Waals surface area contributed by atoms with Crippen LogP contribution in [-0.4, -0.2) is 21.9 Å². The minimum absolute atomic E-state index is 0.0954. The van der Waals surface area contributed by atoms with Gasteiger partial charge in [-0.2, -0.15) is 0 Å². The van der Waals surface area contributed by atoms with Gasteiger partial charge in [-0.3, -0.25) is 0 Å². The van der Waals surface area contributed by atoms with Gasteiger partial charge in [0.15, 0.2) is 0 Å². The van der Waals surface area contributed by atoms with Crippen LogP contribution < -0.4 is 0 Å². The van der Waals surface area contributed by atoms with Gasteiger partial charge in [0.25, 0.3) is 0 Å². The molecule has 3 nitrogen and oxygen atoms in total. The zero-order valence-corrected chi connectivity index (χ0v) is 5.49. The number of aliphatic hydroxyl groups excluding tert-OH is 3. The summed E-state index contributed by atoms with van der Waals surface area (Å²) in [6.45, 7) is 2.77. The molecule has 3 heteroatoms. The van der Waals surface area contributed by atoms with E-state index in [1.165, 1.54) is 18.2 Å². The second-order valence-electron chi connectivity index (χ2n) is 1.67. The minimum Gasteiger partial charge on any atom is -0.510 e. The lowest BCUT2D eigenvalue weighted by molar-refractivity contribution is 0.253. The van der Waals surface area contributed by atoms with E-state index < -0.39 is 6.61 Å². The predicted molar refractivity (Wildman–Crippen MR) is 38.7 cm³/mol. The molecule has 56 valence electrons. The Labute approximate surface area is 59.2 Å². The van der Waals surface area contributed by atoms with E-state index in [9.17, 15) is 0 Å². The molecule has 0 saturated heterocycles. The molecule has 0 aromatic rings. The highest BCUT2D eigenvalue weighted by atomic mass is 16.3. The Morgan fingerprint density at radius 1 is 1.40 bits per heavy atom. The molecule has 0 bridgehead atoms. The molecule has 0 fully saturated rings. The van der Waals surface area contributed by atoms with Crippen LogP contribution in [0.15, 0.2) is 36.3 Å². The van der Waals surface area contributed by atoms with Crippen LogP contribution in [0.2, 0.25) is 0 Å². The van der Waals surface area contributed by atoms with Crippen LogP contribution in [0.1, 0.15) is 0 Å². The highest BCUT2D eigenvalue weighted by Crippen LogP contribution is 1.89. The maximum atomic E-state index is 8.62. The first-order chi connectivity index (χ1) is 4.66. The molecule has 0 aliphatic heterocycles. The SMILES string of the molecule is C=C(O)/C=C\C=C(\O)CO. The third-order valence-corrected chi connectivity index (χ3v) is 0.739. The van der Waals surface area contributed by atoms with E-state index in [1.54, 1.807) is 0 Å². The lowest BCUT2D eigenvalue weighted by atomic mass is 10.4. The summed E-state index contributed by atoms with van der Waals surface area (Å²) in [5.41, 5.74) is 0. The second-order valence-corrected chi connectivity index (χ2v) is 1.67. The largest absolute Gasteiger partial charge is 0.510 e. The van der Waals surface area contributed by atoms with Gasteiger partial charge in [0.05, 0.1) is 0 Å². The lowest BCUT2D eigenvalue weighted by Gasteiger charge is -1.87. The van der Waals surface area contributed by atoms with Gasteiger partial charge in [0.1, 0.15) is 18.1 Å². The number of aliphatic hydroxyl groups is 3. The molecule has 0 aromatic carbocycles. The van der Waals surface area contributed by atoms with Gasteiger partial charge < -0.3 is 15.3 Å². The maximum absolute atomic E-state index is 8.62. The summed E-state index contributed by atoms with van der Waals surface area (Å²) in [5.74, 6) is -0.250. The van der Waals surface area contributed by atoms with E-state index in [0.717, 1.165) is 0 Å². The average Bonchev–Trinajstić information content (AvgIpc) is 1.87. The van der Waals surface area contributed by atoms with E-state index >= 15 is 0 Å². The standard InChI is InChI=1S/C7H10O3/c1-6(9)3-2-4-7(10)5-8/h2-4,8-10H,1,5H2/b3-2-,7-4+. The fraction of sp³-hybridized carbons (Fsp3) is 0.143. The van der Waals surface area contributed by atoms with Gasteiger partial charge in [0, 0.05) is 0 Å². The molecule has 0 rings (SSSR count). The van der Waals surface area contributed by atoms with Gasteiger partial charge in [-0.15, -0.1) is 0 Å². The summed E-state index contributed by atoms with van der Waals surface area (Å²) in [5, 5.41) is 25.4. The van der Waals surface area contributed by atoms with Crippen molar-refractivity contribution in [3.8, 4) is 0 Å². The van der Waals surface area contributed by atoms with Crippen LogP contribution in [0.4, 0.5) is 0 Å². The Morgan fingerprint density at radius 2 is 2.00 bits per heavy atom. The third kappa shape index (κ3) is 4.93. The Bertz CT molecular complexity index is 168. The van der Waals surface area contributed by atoms with Crippen LogP contribution in [0, 0.1) is 0 Å². The first kappa shape index (κ1) is 8.78. The monoisotopic (exact) mass is 142 g/mol. The molecule has 0 aliphatic carbocycles. The third-order valence-electron chi connectivity index (χ3n) is 0.739. The number of hydrogen-bond acceptors (Lipinski definition) is 3. The molecule has 10 heavy (non-hydrogen) atoms. The first-order valence-corrected chi connectivity index (χ1v) is 2.71. The molecule has 0 unspecified atom stereocenters. The topological polar surface area (TPSA) is 60.7 Å². The molecule has 0 atom stereocenters. The van der Waals surface area contributed by atoms with E-state index in [2.05, 4.69) is 6.58 Å². The summed E-state index contributed by atoms with van der Waals surface area (Å²) in [7, 11) is 0. The molecular formula is C7H10O3. The van der Waals surface area contributed by atoms with Crippen molar-refractivity contribution in [1.29, 1.82) is 0 Å². The highest BCUT2D eigenvalue weighted by molar-refractivity contribution is 5.14. The lowest BCUT2D eigenvalue weighted by Crippen LogP contribution is -1.85. The van der Waals surface area contributed by atoms with Crippen molar-refractivity contribution >= 4 is 0 Å². The van der Waals surface area contributed by atoms with E-state index in [1.807, 2.05) is 0 Å². The molecular weight excluding hydrogens is 132 g/mol. The molecule has 0 aromatic heterocycles. The second kappa shape index (κ2) is 4.64. The zero-order chi connectivity index (χ0) is 7.98. The minimum atomic E-state index is -0.401. The van der Waals surface area contributed by atoms with Gasteiger partial charge in [-0.1, -0.05) is 12.7 Å². The van der Waals surface area contributed by atoms with E-state index in [4.69, 9.17) is 15.3 Å². The normalized spacial score (nSPS) is 12.3. The highest BCUT2D eigenvalue weighted by Gasteiger charge is 1.82. The van der Waals surface area contributed by atoms with Crippen LogP contribution in [0.3, 0.4) is 0 Å². The Hall–Kier alpha value is -1.22. The number of allylic oxidation sites excluding steroid dienone is 3. The number of rotatable bonds is 3. The Balaban J connectivity index is 3.82. The molecule has 0 aliphatic rings. The Morgan fingerprint density at radius 3 is 2.40 bits per heavy atom. The van der Waals surface area contributed by atoms with Crippen LogP contribution in [0.25, 0.3) is 0 Å². The van der Waals surface area contributed by atoms with Crippen molar-refractivity contribution in [3.05, 3.63) is 36.3 Å². The van der Waals surface area contributed by atoms with Crippen LogP contribution in [-0.2, 0) is 0 Å². The van der Waals surface area contributed by atoms with Crippen molar-refractivity contribution in [2.24, 2.45) is 0 Å². The van der Waals surface area contributed by atoms with Crippen molar-refractivity contribution in [1.82, 2.24) is 0 Å². The molecule has 0 spiro atoms. The van der Waals surface area contributed by atoms with Crippen LogP contribution >= 0.6 is 0 Å². The maximum Gasteiger partial charge on any atom is 0.118 e. The van der Waals surface area contributed by atoms with Gasteiger partial charge in [-0.25, -0.2) is 0 Å². The van der Waals surface area contributed by atoms with E-state index in [-0.39, 0.29) is 11.5 Å². The van der Waals surface area contributed by atoms with E-state index in [0.29, 0.717) is 0 Å². The quantitative estimate of drug-likeness (QED) is 0.407. The molecule has 0 saturated carbocycles. The molecule has 3 N–H and O–H groups in total. The van der Waals surface area contributed by atoms with Crippen molar-refractivity contribution < 1.29 is 15.3 Å². The summed E-state index contributed by atoms with van der Waals surface area (Å²) in [6.07, 6.45) is 3.95. The smallest absolute Gasteiger partial charge is 0.118 e. The van der Waals surface area contributed by atoms with Crippen molar-refractivity contribution in [3.63, 3.8) is 0 Å². The Kier molecular flexibility index (Phi) is 4.07. The van der Waals surface area contributed by atoms with Gasteiger partial charge in [-0.05, 0) is 12.2 Å². The average molecular weight is 142 g/mol. The van der Waals surface area contributed by atoms with Crippen molar-refractivity contribution in [2.45, 2.75) is 0 Å². The summed E-state index contributed by atoms with van der Waals surface area (Å²) < 4.78 is 0. The van der Waals surface area contributed by atoms with Crippen LogP contribution in [0.5, 0.6) is 0 Å². The predicted octanol–water partition coefficient (Wildman–Crippen LogP) is 1.05. The number of hydrogen-bond donors (Lipinski definition) is 3. The molecule has 0 radical (unpaired) electrons. The summed E-state index contributed by atoms with van der Waals surface area (Å²) in [4.78, 5) is 0. The molecule has 0 amide bonds. The fourth-order valence-corrected chi connectivity index (χ4v) is 0.323.